The molecular weight excluding hydrogens is 278 g/mol. The molecule has 1 unspecified atom stereocenters. The lowest BCUT2D eigenvalue weighted by molar-refractivity contribution is -0.114. The molecule has 1 aliphatic heterocycles. The van der Waals surface area contributed by atoms with Gasteiger partial charge in [-0.25, -0.2) is 9.78 Å². The Morgan fingerprint density at radius 3 is 2.85 bits per heavy atom. The predicted molar refractivity (Wildman–Crippen MR) is 77.1 cm³/mol. The Morgan fingerprint density at radius 2 is 2.25 bits per heavy atom. The molecule has 0 aromatic carbocycles. The third-order valence-corrected chi connectivity index (χ3v) is 4.43. The first-order valence-electron chi connectivity index (χ1n) is 6.72. The van der Waals surface area contributed by atoms with E-state index >= 15 is 0 Å². The van der Waals surface area contributed by atoms with E-state index in [1.165, 1.54) is 24.7 Å². The zero-order valence-electron chi connectivity index (χ0n) is 11.7. The van der Waals surface area contributed by atoms with Crippen molar-refractivity contribution in [3.8, 4) is 0 Å². The van der Waals surface area contributed by atoms with E-state index in [1.807, 2.05) is 0 Å². The van der Waals surface area contributed by atoms with Crippen LogP contribution in [0.15, 0.2) is 0 Å². The van der Waals surface area contributed by atoms with Crippen molar-refractivity contribution in [3.05, 3.63) is 10.6 Å². The highest BCUT2D eigenvalue weighted by Crippen LogP contribution is 2.27. The van der Waals surface area contributed by atoms with Crippen molar-refractivity contribution in [2.75, 3.05) is 11.9 Å². The highest BCUT2D eigenvalue weighted by molar-refractivity contribution is 7.16. The lowest BCUT2D eigenvalue weighted by atomic mass is 10.0. The van der Waals surface area contributed by atoms with E-state index in [9.17, 15) is 14.7 Å². The monoisotopic (exact) mass is 297 g/mol. The number of nitrogens with one attached hydrogen (secondary N) is 1. The van der Waals surface area contributed by atoms with Crippen LogP contribution in [-0.4, -0.2) is 39.5 Å². The lowest BCUT2D eigenvalue weighted by Gasteiger charge is -2.32. The molecule has 2 heterocycles. The quantitative estimate of drug-likeness (QED) is 0.890. The Balaban J connectivity index is 2.18. The minimum absolute atomic E-state index is 0.0523. The van der Waals surface area contributed by atoms with Crippen molar-refractivity contribution >= 4 is 28.3 Å². The minimum atomic E-state index is -1.04. The van der Waals surface area contributed by atoms with E-state index in [-0.39, 0.29) is 11.6 Å². The number of aromatic carboxylic acids is 1. The van der Waals surface area contributed by atoms with Crippen LogP contribution in [0.5, 0.6) is 0 Å². The molecule has 2 N–H and O–H groups in total. The number of piperidine rings is 1. The van der Waals surface area contributed by atoms with Gasteiger partial charge in [0.2, 0.25) is 5.91 Å². The Morgan fingerprint density at radius 1 is 1.50 bits per heavy atom. The van der Waals surface area contributed by atoms with Gasteiger partial charge in [-0.05, 0) is 26.3 Å². The van der Waals surface area contributed by atoms with E-state index in [1.54, 1.807) is 0 Å². The predicted octanol–water partition coefficient (Wildman–Crippen LogP) is 2.17. The SMILES string of the molecule is CC(=O)Nc1nc(C(=O)O)c(CN2CCCCC2C)s1. The van der Waals surface area contributed by atoms with Crippen LogP contribution in [0.3, 0.4) is 0 Å². The molecule has 0 spiro atoms. The lowest BCUT2D eigenvalue weighted by Crippen LogP contribution is -2.36. The maximum atomic E-state index is 11.3. The van der Waals surface area contributed by atoms with Gasteiger partial charge in [-0.1, -0.05) is 17.8 Å². The smallest absolute Gasteiger partial charge is 0.355 e. The number of rotatable bonds is 4. The molecule has 1 aliphatic rings. The summed E-state index contributed by atoms with van der Waals surface area (Å²) in [5.41, 5.74) is 0.0523. The van der Waals surface area contributed by atoms with Gasteiger partial charge in [0.1, 0.15) is 0 Å². The van der Waals surface area contributed by atoms with Gasteiger partial charge in [-0.15, -0.1) is 0 Å². The van der Waals surface area contributed by atoms with Gasteiger partial charge in [-0.2, -0.15) is 0 Å². The summed E-state index contributed by atoms with van der Waals surface area (Å²) in [6, 6.07) is 0.455. The van der Waals surface area contributed by atoms with Crippen molar-refractivity contribution in [3.63, 3.8) is 0 Å². The number of carbonyl (C=O) groups is 2. The van der Waals surface area contributed by atoms with Gasteiger partial charge >= 0.3 is 5.97 Å². The molecule has 0 bridgehead atoms. The molecule has 6 nitrogen and oxygen atoms in total. The second-order valence-corrected chi connectivity index (χ2v) is 6.18. The number of carbonyl (C=O) groups excluding carboxylic acids is 1. The van der Waals surface area contributed by atoms with Crippen LogP contribution in [-0.2, 0) is 11.3 Å². The van der Waals surface area contributed by atoms with E-state index in [2.05, 4.69) is 22.1 Å². The molecule has 0 saturated carbocycles. The second-order valence-electron chi connectivity index (χ2n) is 5.09. The van der Waals surface area contributed by atoms with Crippen molar-refractivity contribution in [1.29, 1.82) is 0 Å². The molecule has 1 saturated heterocycles. The number of carboxylic acids is 1. The Hall–Kier alpha value is -1.47. The number of anilines is 1. The molecule has 1 amide bonds. The molecule has 1 atom stereocenters. The summed E-state index contributed by atoms with van der Waals surface area (Å²) in [6.45, 7) is 5.11. The molecule has 1 fully saturated rings. The fourth-order valence-electron chi connectivity index (χ4n) is 2.41. The minimum Gasteiger partial charge on any atom is -0.476 e. The van der Waals surface area contributed by atoms with Crippen LogP contribution in [0.25, 0.3) is 0 Å². The summed E-state index contributed by atoms with van der Waals surface area (Å²) < 4.78 is 0. The number of likely N-dealkylation sites (tertiary alicyclic amines) is 1. The number of hydrogen-bond acceptors (Lipinski definition) is 5. The summed E-state index contributed by atoms with van der Waals surface area (Å²) in [6.07, 6.45) is 3.51. The van der Waals surface area contributed by atoms with Gasteiger partial charge in [0.15, 0.2) is 10.8 Å². The van der Waals surface area contributed by atoms with Crippen LogP contribution in [0, 0.1) is 0 Å². The second kappa shape index (κ2) is 6.32. The number of aromatic nitrogens is 1. The average molecular weight is 297 g/mol. The van der Waals surface area contributed by atoms with Crippen molar-refractivity contribution in [2.24, 2.45) is 0 Å². The zero-order valence-corrected chi connectivity index (χ0v) is 12.5. The molecule has 1 aromatic heterocycles. The number of carboxylic acid groups (broad SMARTS) is 1. The largest absolute Gasteiger partial charge is 0.476 e. The van der Waals surface area contributed by atoms with Crippen LogP contribution in [0.2, 0.25) is 0 Å². The third kappa shape index (κ3) is 3.55. The van der Waals surface area contributed by atoms with E-state index in [4.69, 9.17) is 0 Å². The number of thiazole rings is 1. The van der Waals surface area contributed by atoms with Crippen LogP contribution in [0.1, 0.15) is 48.5 Å². The first-order valence-corrected chi connectivity index (χ1v) is 7.53. The topological polar surface area (TPSA) is 82.5 Å². The van der Waals surface area contributed by atoms with Gasteiger partial charge in [0, 0.05) is 19.5 Å². The molecule has 7 heteroatoms. The molecule has 0 aliphatic carbocycles. The summed E-state index contributed by atoms with van der Waals surface area (Å²) in [7, 11) is 0. The van der Waals surface area contributed by atoms with Crippen molar-refractivity contribution in [2.45, 2.75) is 45.7 Å². The Labute approximate surface area is 121 Å². The average Bonchev–Trinajstić information content (AvgIpc) is 2.74. The highest BCUT2D eigenvalue weighted by atomic mass is 32.1. The van der Waals surface area contributed by atoms with E-state index in [0.29, 0.717) is 22.6 Å². The molecular formula is C13H19N3O3S. The van der Waals surface area contributed by atoms with E-state index in [0.717, 1.165) is 19.4 Å². The number of nitrogens with zero attached hydrogens (tertiary/aromatic N) is 2. The summed E-state index contributed by atoms with van der Waals surface area (Å²) in [4.78, 5) is 29.3. The van der Waals surface area contributed by atoms with Crippen molar-refractivity contribution < 1.29 is 14.7 Å². The van der Waals surface area contributed by atoms with Crippen LogP contribution < -0.4 is 5.32 Å². The van der Waals surface area contributed by atoms with Gasteiger partial charge < -0.3 is 10.4 Å². The first kappa shape index (κ1) is 14.9. The maximum absolute atomic E-state index is 11.3. The molecule has 110 valence electrons. The maximum Gasteiger partial charge on any atom is 0.355 e. The molecule has 20 heavy (non-hydrogen) atoms. The van der Waals surface area contributed by atoms with Crippen molar-refractivity contribution in [1.82, 2.24) is 9.88 Å². The Kier molecular flexibility index (Phi) is 4.72. The zero-order chi connectivity index (χ0) is 14.7. The summed E-state index contributed by atoms with van der Waals surface area (Å²) in [5, 5.41) is 12.1. The van der Waals surface area contributed by atoms with Crippen LogP contribution >= 0.6 is 11.3 Å². The summed E-state index contributed by atoms with van der Waals surface area (Å²) >= 11 is 1.25. The number of hydrogen-bond donors (Lipinski definition) is 2. The molecule has 1 aromatic rings. The van der Waals surface area contributed by atoms with Crippen LogP contribution in [0.4, 0.5) is 5.13 Å². The fraction of sp³-hybridized carbons (Fsp3) is 0.615. The fourth-order valence-corrected chi connectivity index (χ4v) is 3.43. The molecule has 2 rings (SSSR count). The van der Waals surface area contributed by atoms with Gasteiger partial charge in [0.05, 0.1) is 4.88 Å². The Bertz CT molecular complexity index is 515. The van der Waals surface area contributed by atoms with E-state index < -0.39 is 5.97 Å². The normalized spacial score (nSPS) is 19.8. The number of amides is 1. The molecule has 0 radical (unpaired) electrons. The standard InChI is InChI=1S/C13H19N3O3S/c1-8-5-3-4-6-16(8)7-10-11(12(18)19)15-13(20-10)14-9(2)17/h8H,3-7H2,1-2H3,(H,18,19)(H,14,15,17). The van der Waals surface area contributed by atoms with Gasteiger partial charge in [0.25, 0.3) is 0 Å². The highest BCUT2D eigenvalue weighted by Gasteiger charge is 2.24. The summed E-state index contributed by atoms with van der Waals surface area (Å²) in [5.74, 6) is -1.29. The third-order valence-electron chi connectivity index (χ3n) is 3.47. The first-order chi connectivity index (χ1) is 9.47. The van der Waals surface area contributed by atoms with Gasteiger partial charge in [-0.3, -0.25) is 9.69 Å².